The summed E-state index contributed by atoms with van der Waals surface area (Å²) in [6.07, 6.45) is -0.103. The van der Waals surface area contributed by atoms with Crippen LogP contribution in [0.25, 0.3) is 0 Å². The Balaban J connectivity index is 1.93. The van der Waals surface area contributed by atoms with Gasteiger partial charge in [-0.1, -0.05) is 6.07 Å². The number of hydrogen-bond acceptors (Lipinski definition) is 7. The lowest BCUT2D eigenvalue weighted by Gasteiger charge is -2.27. The third kappa shape index (κ3) is 4.94. The summed E-state index contributed by atoms with van der Waals surface area (Å²) in [7, 11) is 0. The average Bonchev–Trinajstić information content (AvgIpc) is 2.58. The van der Waals surface area contributed by atoms with Gasteiger partial charge in [0.05, 0.1) is 16.8 Å². The summed E-state index contributed by atoms with van der Waals surface area (Å²) >= 11 is 1.20. The molecule has 1 saturated heterocycles. The van der Waals surface area contributed by atoms with Gasteiger partial charge in [0.25, 0.3) is 5.69 Å². The van der Waals surface area contributed by atoms with Crippen molar-refractivity contribution in [2.75, 3.05) is 17.7 Å². The molecule has 10 heteroatoms. The van der Waals surface area contributed by atoms with E-state index in [0.29, 0.717) is 11.3 Å². The van der Waals surface area contributed by atoms with Crippen molar-refractivity contribution in [2.45, 2.75) is 31.6 Å². The molecule has 1 aliphatic rings. The van der Waals surface area contributed by atoms with Crippen LogP contribution in [0.1, 0.15) is 18.9 Å². The Labute approximate surface area is 154 Å². The van der Waals surface area contributed by atoms with E-state index in [4.69, 9.17) is 4.74 Å². The Morgan fingerprint density at radius 1 is 1.46 bits per heavy atom. The van der Waals surface area contributed by atoms with E-state index in [9.17, 15) is 24.5 Å². The number of thioether (sulfide) groups is 1. The van der Waals surface area contributed by atoms with Crippen molar-refractivity contribution in [1.29, 1.82) is 0 Å². The van der Waals surface area contributed by atoms with E-state index in [1.54, 1.807) is 26.0 Å². The predicted molar refractivity (Wildman–Crippen MR) is 95.9 cm³/mol. The normalized spacial score (nSPS) is 19.4. The second kappa shape index (κ2) is 8.65. The first kappa shape index (κ1) is 19.7. The zero-order valence-electron chi connectivity index (χ0n) is 14.3. The molecule has 2 atom stereocenters. The highest BCUT2D eigenvalue weighted by Gasteiger charge is 2.34. The molecule has 0 radical (unpaired) electrons. The van der Waals surface area contributed by atoms with Crippen molar-refractivity contribution in [1.82, 2.24) is 5.32 Å². The van der Waals surface area contributed by atoms with Gasteiger partial charge in [0.15, 0.2) is 0 Å². The second-order valence-electron chi connectivity index (χ2n) is 5.65. The van der Waals surface area contributed by atoms with Gasteiger partial charge in [-0.05, 0) is 19.9 Å². The van der Waals surface area contributed by atoms with Crippen LogP contribution >= 0.6 is 11.8 Å². The highest BCUT2D eigenvalue weighted by atomic mass is 32.2. The number of rotatable bonds is 6. The second-order valence-corrected chi connectivity index (χ2v) is 6.88. The smallest absolute Gasteiger partial charge is 0.329 e. The number of ether oxygens (including phenoxy) is 1. The number of esters is 1. The molecule has 1 aromatic rings. The molecule has 26 heavy (non-hydrogen) atoms. The molecule has 0 unspecified atom stereocenters. The van der Waals surface area contributed by atoms with Crippen molar-refractivity contribution in [3.8, 4) is 0 Å². The zero-order chi connectivity index (χ0) is 19.3. The Bertz CT molecular complexity index is 739. The highest BCUT2D eigenvalue weighted by molar-refractivity contribution is 8.00. The summed E-state index contributed by atoms with van der Waals surface area (Å²) in [5, 5.41) is 15.4. The van der Waals surface area contributed by atoms with Crippen LogP contribution in [0.5, 0.6) is 0 Å². The fraction of sp³-hybridized carbons (Fsp3) is 0.438. The van der Waals surface area contributed by atoms with Crippen LogP contribution in [-0.4, -0.2) is 46.4 Å². The first-order valence-electron chi connectivity index (χ1n) is 7.95. The molecule has 9 nitrogen and oxygen atoms in total. The summed E-state index contributed by atoms with van der Waals surface area (Å²) in [5.74, 6) is -1.03. The minimum absolute atomic E-state index is 0.0927. The number of benzene rings is 1. The molecule has 1 heterocycles. The molecule has 2 amide bonds. The first-order chi connectivity index (χ1) is 12.3. The molecule has 140 valence electrons. The number of nitro benzene ring substituents is 1. The number of carbonyl (C=O) groups is 3. The number of amides is 2. The maximum atomic E-state index is 12.1. The standard InChI is InChI=1S/C16H19N3O6S/c1-3-25-16(22)11-8-26-13(15(21)18-11)7-14(20)17-10-5-4-9(2)12(6-10)19(23)24/h4-6,11,13H,3,7-8H2,1-2H3,(H,17,20)(H,18,21)/t11-,13-/m0/s1. The van der Waals surface area contributed by atoms with Gasteiger partial charge in [-0.15, -0.1) is 11.8 Å². The topological polar surface area (TPSA) is 128 Å². The van der Waals surface area contributed by atoms with Gasteiger partial charge in [-0.2, -0.15) is 0 Å². The van der Waals surface area contributed by atoms with Crippen molar-refractivity contribution in [3.05, 3.63) is 33.9 Å². The van der Waals surface area contributed by atoms with Crippen molar-refractivity contribution in [2.24, 2.45) is 0 Å². The summed E-state index contributed by atoms with van der Waals surface area (Å²) < 4.78 is 4.86. The number of anilines is 1. The lowest BCUT2D eigenvalue weighted by molar-refractivity contribution is -0.385. The molecule has 1 fully saturated rings. The molecule has 2 N–H and O–H groups in total. The van der Waals surface area contributed by atoms with E-state index >= 15 is 0 Å². The van der Waals surface area contributed by atoms with Crippen molar-refractivity contribution >= 4 is 40.9 Å². The van der Waals surface area contributed by atoms with Crippen LogP contribution in [0.15, 0.2) is 18.2 Å². The van der Waals surface area contributed by atoms with Crippen molar-refractivity contribution < 1.29 is 24.0 Å². The van der Waals surface area contributed by atoms with E-state index in [1.165, 1.54) is 17.8 Å². The molecular formula is C16H19N3O6S. The van der Waals surface area contributed by atoms with Crippen LogP contribution in [0.3, 0.4) is 0 Å². The maximum absolute atomic E-state index is 12.1. The number of hydrogen-bond donors (Lipinski definition) is 2. The lowest BCUT2D eigenvalue weighted by Crippen LogP contribution is -2.51. The number of carbonyl (C=O) groups excluding carboxylic acids is 3. The van der Waals surface area contributed by atoms with Gasteiger partial charge < -0.3 is 15.4 Å². The van der Waals surface area contributed by atoms with E-state index in [2.05, 4.69) is 10.6 Å². The molecule has 1 aromatic carbocycles. The Hall–Kier alpha value is -2.62. The van der Waals surface area contributed by atoms with Crippen LogP contribution in [0.2, 0.25) is 0 Å². The van der Waals surface area contributed by atoms with Gasteiger partial charge in [0.1, 0.15) is 6.04 Å². The van der Waals surface area contributed by atoms with E-state index in [1.807, 2.05) is 0 Å². The van der Waals surface area contributed by atoms with Gasteiger partial charge >= 0.3 is 5.97 Å². The largest absolute Gasteiger partial charge is 0.464 e. The molecule has 0 aliphatic carbocycles. The minimum atomic E-state index is -0.716. The highest BCUT2D eigenvalue weighted by Crippen LogP contribution is 2.24. The minimum Gasteiger partial charge on any atom is -0.464 e. The number of nitro groups is 1. The molecule has 0 bridgehead atoms. The van der Waals surface area contributed by atoms with E-state index in [-0.39, 0.29) is 24.4 Å². The SMILES string of the molecule is CCOC(=O)[C@@H]1CS[C@@H](CC(=O)Nc2ccc(C)c([N+](=O)[O-])c2)C(=O)N1. The number of nitrogens with zero attached hydrogens (tertiary/aromatic N) is 1. The third-order valence-corrected chi connectivity index (χ3v) is 5.01. The molecule has 0 spiro atoms. The summed E-state index contributed by atoms with van der Waals surface area (Å²) in [5.41, 5.74) is 0.683. The average molecular weight is 381 g/mol. The van der Waals surface area contributed by atoms with Crippen LogP contribution in [-0.2, 0) is 19.1 Å². The molecule has 0 aromatic heterocycles. The Morgan fingerprint density at radius 3 is 2.81 bits per heavy atom. The zero-order valence-corrected chi connectivity index (χ0v) is 15.1. The number of aryl methyl sites for hydroxylation is 1. The number of nitrogens with one attached hydrogen (secondary N) is 2. The quantitative estimate of drug-likeness (QED) is 0.433. The molecule has 1 aliphatic heterocycles. The summed E-state index contributed by atoms with van der Waals surface area (Å²) in [6, 6.07) is 3.66. The van der Waals surface area contributed by atoms with Gasteiger partial charge in [-0.3, -0.25) is 19.7 Å². The fourth-order valence-electron chi connectivity index (χ4n) is 2.38. The van der Waals surface area contributed by atoms with Gasteiger partial charge in [-0.25, -0.2) is 4.79 Å². The Morgan fingerprint density at radius 2 is 2.19 bits per heavy atom. The third-order valence-electron chi connectivity index (χ3n) is 3.70. The summed E-state index contributed by atoms with van der Waals surface area (Å²) in [6.45, 7) is 3.51. The van der Waals surface area contributed by atoms with Crippen LogP contribution < -0.4 is 10.6 Å². The predicted octanol–water partition coefficient (Wildman–Crippen LogP) is 1.40. The fourth-order valence-corrected chi connectivity index (χ4v) is 3.51. The molecular weight excluding hydrogens is 362 g/mol. The van der Waals surface area contributed by atoms with E-state index in [0.717, 1.165) is 0 Å². The molecule has 0 saturated carbocycles. The van der Waals surface area contributed by atoms with Gasteiger partial charge in [0, 0.05) is 29.5 Å². The monoisotopic (exact) mass is 381 g/mol. The molecule has 2 rings (SSSR count). The van der Waals surface area contributed by atoms with Crippen LogP contribution in [0, 0.1) is 17.0 Å². The van der Waals surface area contributed by atoms with Crippen molar-refractivity contribution in [3.63, 3.8) is 0 Å². The maximum Gasteiger partial charge on any atom is 0.329 e. The van der Waals surface area contributed by atoms with Crippen LogP contribution in [0.4, 0.5) is 11.4 Å². The lowest BCUT2D eigenvalue weighted by atomic mass is 10.1. The first-order valence-corrected chi connectivity index (χ1v) is 9.00. The van der Waals surface area contributed by atoms with Gasteiger partial charge in [0.2, 0.25) is 11.8 Å². The Kier molecular flexibility index (Phi) is 6.56. The van der Waals surface area contributed by atoms with E-state index < -0.39 is 34.0 Å². The summed E-state index contributed by atoms with van der Waals surface area (Å²) in [4.78, 5) is 46.3.